The van der Waals surface area contributed by atoms with Crippen LogP contribution >= 0.6 is 0 Å². The van der Waals surface area contributed by atoms with E-state index in [2.05, 4.69) is 34.3 Å². The molecule has 1 aliphatic rings. The number of esters is 1. The Bertz CT molecular complexity index is 524. The van der Waals surface area contributed by atoms with Gasteiger partial charge in [0, 0.05) is 30.7 Å². The first-order valence-corrected chi connectivity index (χ1v) is 12.1. The highest BCUT2D eigenvalue weighted by atomic mass is 16.8. The minimum absolute atomic E-state index is 0.0105. The SMILES string of the molecule is C=C(C)C(=O)OCC(OCCCCCCCC)OC(C)(ON1CCCCC1)C(C)(C)C. The molecule has 1 fully saturated rings. The molecule has 0 N–H and O–H groups in total. The maximum absolute atomic E-state index is 11.9. The van der Waals surface area contributed by atoms with Crippen LogP contribution in [0, 0.1) is 5.41 Å². The van der Waals surface area contributed by atoms with Gasteiger partial charge in [-0.1, -0.05) is 72.8 Å². The number of carbonyl (C=O) groups excluding carboxylic acids is 1. The maximum Gasteiger partial charge on any atom is 0.333 e. The van der Waals surface area contributed by atoms with Crippen LogP contribution in [0.3, 0.4) is 0 Å². The van der Waals surface area contributed by atoms with Crippen molar-refractivity contribution >= 4 is 5.97 Å². The molecule has 0 bridgehead atoms. The van der Waals surface area contributed by atoms with E-state index >= 15 is 0 Å². The first-order chi connectivity index (χ1) is 14.6. The fourth-order valence-electron chi connectivity index (χ4n) is 3.27. The summed E-state index contributed by atoms with van der Waals surface area (Å²) in [5.74, 6) is -1.36. The van der Waals surface area contributed by atoms with E-state index in [0.29, 0.717) is 12.2 Å². The van der Waals surface area contributed by atoms with Gasteiger partial charge in [0.1, 0.15) is 6.61 Å². The molecule has 1 saturated heterocycles. The van der Waals surface area contributed by atoms with E-state index in [4.69, 9.17) is 19.0 Å². The molecular weight excluding hydrogens is 394 g/mol. The normalized spacial score (nSPS) is 18.4. The predicted molar refractivity (Wildman–Crippen MR) is 124 cm³/mol. The zero-order valence-corrected chi connectivity index (χ0v) is 21.0. The smallest absolute Gasteiger partial charge is 0.333 e. The Labute approximate surface area is 190 Å². The van der Waals surface area contributed by atoms with Crippen molar-refractivity contribution in [3.63, 3.8) is 0 Å². The summed E-state index contributed by atoms with van der Waals surface area (Å²) in [6.07, 6.45) is 9.84. The number of carbonyl (C=O) groups is 1. The molecule has 0 saturated carbocycles. The van der Waals surface area contributed by atoms with Crippen LogP contribution in [0.1, 0.15) is 99.3 Å². The second kappa shape index (κ2) is 14.2. The number of hydrogen-bond donors (Lipinski definition) is 0. The first kappa shape index (κ1) is 28.1. The van der Waals surface area contributed by atoms with Crippen LogP contribution in [0.2, 0.25) is 0 Å². The first-order valence-electron chi connectivity index (χ1n) is 12.1. The molecule has 0 aliphatic carbocycles. The highest BCUT2D eigenvalue weighted by molar-refractivity contribution is 5.86. The van der Waals surface area contributed by atoms with Crippen LogP contribution < -0.4 is 0 Å². The molecule has 0 amide bonds. The summed E-state index contributed by atoms with van der Waals surface area (Å²) in [6, 6.07) is 0. The van der Waals surface area contributed by atoms with Gasteiger partial charge in [-0.3, -0.25) is 4.84 Å². The van der Waals surface area contributed by atoms with E-state index in [0.717, 1.165) is 38.8 Å². The molecule has 1 rings (SSSR count). The third-order valence-electron chi connectivity index (χ3n) is 5.84. The zero-order chi connectivity index (χ0) is 23.3. The molecule has 0 radical (unpaired) electrons. The third kappa shape index (κ3) is 11.0. The Morgan fingerprint density at radius 1 is 1.00 bits per heavy atom. The average molecular weight is 442 g/mol. The highest BCUT2D eigenvalue weighted by Crippen LogP contribution is 2.37. The summed E-state index contributed by atoms with van der Waals surface area (Å²) in [7, 11) is 0. The highest BCUT2D eigenvalue weighted by Gasteiger charge is 2.44. The van der Waals surface area contributed by atoms with E-state index in [1.807, 2.05) is 12.0 Å². The van der Waals surface area contributed by atoms with Gasteiger partial charge in [-0.05, 0) is 33.1 Å². The van der Waals surface area contributed by atoms with Crippen molar-refractivity contribution in [2.45, 2.75) is 111 Å². The zero-order valence-electron chi connectivity index (χ0n) is 21.0. The molecule has 0 spiro atoms. The Morgan fingerprint density at radius 2 is 1.61 bits per heavy atom. The van der Waals surface area contributed by atoms with Crippen LogP contribution in [0.5, 0.6) is 0 Å². The summed E-state index contributed by atoms with van der Waals surface area (Å²) in [5, 5.41) is 2.00. The van der Waals surface area contributed by atoms with Gasteiger partial charge in [-0.15, -0.1) is 0 Å². The van der Waals surface area contributed by atoms with Crippen molar-refractivity contribution in [2.75, 3.05) is 26.3 Å². The summed E-state index contributed by atoms with van der Waals surface area (Å²) in [5.41, 5.74) is 0.0442. The lowest BCUT2D eigenvalue weighted by molar-refractivity contribution is -0.410. The number of hydrogen-bond acceptors (Lipinski definition) is 6. The predicted octanol–water partition coefficient (Wildman–Crippen LogP) is 6.01. The number of rotatable bonds is 15. The fourth-order valence-corrected chi connectivity index (χ4v) is 3.27. The van der Waals surface area contributed by atoms with Gasteiger partial charge in [0.25, 0.3) is 0 Å². The molecule has 2 unspecified atom stereocenters. The number of ether oxygens (including phenoxy) is 3. The van der Waals surface area contributed by atoms with Crippen LogP contribution in [-0.4, -0.2) is 49.4 Å². The second-order valence-electron chi connectivity index (χ2n) is 9.84. The minimum Gasteiger partial charge on any atom is -0.457 e. The number of piperidine rings is 1. The van der Waals surface area contributed by atoms with Crippen molar-refractivity contribution < 1.29 is 23.8 Å². The lowest BCUT2D eigenvalue weighted by atomic mass is 9.86. The summed E-state index contributed by atoms with van der Waals surface area (Å²) < 4.78 is 17.8. The van der Waals surface area contributed by atoms with E-state index in [1.54, 1.807) is 6.92 Å². The van der Waals surface area contributed by atoms with Crippen LogP contribution in [0.4, 0.5) is 0 Å². The van der Waals surface area contributed by atoms with Gasteiger partial charge in [-0.2, -0.15) is 5.06 Å². The number of unbranched alkanes of at least 4 members (excludes halogenated alkanes) is 5. The molecule has 1 heterocycles. The minimum atomic E-state index is -0.925. The molecule has 31 heavy (non-hydrogen) atoms. The van der Waals surface area contributed by atoms with Gasteiger partial charge in [-0.25, -0.2) is 4.79 Å². The summed E-state index contributed by atoms with van der Waals surface area (Å²) >= 11 is 0. The topological polar surface area (TPSA) is 57.2 Å². The molecule has 6 nitrogen and oxygen atoms in total. The van der Waals surface area contributed by atoms with Gasteiger partial charge < -0.3 is 14.2 Å². The Hall–Kier alpha value is -0.950. The van der Waals surface area contributed by atoms with Gasteiger partial charge in [0.2, 0.25) is 0 Å². The Balaban J connectivity index is 2.73. The molecule has 182 valence electrons. The third-order valence-corrected chi connectivity index (χ3v) is 5.84. The van der Waals surface area contributed by atoms with Crippen molar-refractivity contribution in [1.29, 1.82) is 0 Å². The number of nitrogens with zero attached hydrogens (tertiary/aromatic N) is 1. The molecule has 1 aliphatic heterocycles. The van der Waals surface area contributed by atoms with E-state index in [-0.39, 0.29) is 12.0 Å². The van der Waals surface area contributed by atoms with Gasteiger partial charge in [0.15, 0.2) is 12.1 Å². The molecule has 6 heteroatoms. The van der Waals surface area contributed by atoms with Crippen molar-refractivity contribution in [3.05, 3.63) is 12.2 Å². The molecule has 2 atom stereocenters. The van der Waals surface area contributed by atoms with Crippen LogP contribution in [0.15, 0.2) is 12.2 Å². The quantitative estimate of drug-likeness (QED) is 0.134. The number of hydroxylamine groups is 2. The summed E-state index contributed by atoms with van der Waals surface area (Å²) in [4.78, 5) is 18.3. The molecule has 0 aromatic heterocycles. The van der Waals surface area contributed by atoms with Gasteiger partial charge in [0.05, 0.1) is 0 Å². The lowest BCUT2D eigenvalue weighted by Gasteiger charge is -2.45. The van der Waals surface area contributed by atoms with Crippen molar-refractivity contribution in [1.82, 2.24) is 5.06 Å². The van der Waals surface area contributed by atoms with Gasteiger partial charge >= 0.3 is 5.97 Å². The van der Waals surface area contributed by atoms with Crippen molar-refractivity contribution in [2.24, 2.45) is 5.41 Å². The molecule has 0 aromatic rings. The monoisotopic (exact) mass is 441 g/mol. The molecular formula is C25H47NO5. The fraction of sp³-hybridized carbons (Fsp3) is 0.880. The largest absolute Gasteiger partial charge is 0.457 e. The average Bonchev–Trinajstić information content (AvgIpc) is 2.70. The maximum atomic E-state index is 11.9. The van der Waals surface area contributed by atoms with E-state index < -0.39 is 18.0 Å². The van der Waals surface area contributed by atoms with Crippen LogP contribution in [-0.2, 0) is 23.8 Å². The lowest BCUT2D eigenvalue weighted by Crippen LogP contribution is -2.53. The Kier molecular flexibility index (Phi) is 12.9. The van der Waals surface area contributed by atoms with Crippen molar-refractivity contribution in [3.8, 4) is 0 Å². The van der Waals surface area contributed by atoms with E-state index in [9.17, 15) is 4.79 Å². The standard InChI is InChI=1S/C25H47NO5/c1-8-9-10-11-12-16-19-28-22(20-29-23(27)21(2)3)30-25(7,24(4,5)6)31-26-17-14-13-15-18-26/h22H,2,8-20H2,1,3-7H3. The summed E-state index contributed by atoms with van der Waals surface area (Å²) in [6.45, 7) is 18.1. The van der Waals surface area contributed by atoms with Crippen LogP contribution in [0.25, 0.3) is 0 Å². The second-order valence-corrected chi connectivity index (χ2v) is 9.84. The van der Waals surface area contributed by atoms with E-state index in [1.165, 1.54) is 32.1 Å². The Morgan fingerprint density at radius 3 is 2.19 bits per heavy atom. The molecule has 0 aromatic carbocycles.